The number of benzene rings is 2. The third-order valence-corrected chi connectivity index (χ3v) is 2.88. The molecule has 0 atom stereocenters. The minimum Gasteiger partial charge on any atom is -0.497 e. The van der Waals surface area contributed by atoms with Gasteiger partial charge in [0.1, 0.15) is 18.1 Å². The number of hydrogen-bond donors (Lipinski definition) is 1. The lowest BCUT2D eigenvalue weighted by atomic mass is 10.2. The van der Waals surface area contributed by atoms with Crippen molar-refractivity contribution in [2.45, 2.75) is 13.2 Å². The van der Waals surface area contributed by atoms with Crippen molar-refractivity contribution in [2.75, 3.05) is 14.2 Å². The van der Waals surface area contributed by atoms with Gasteiger partial charge in [-0.05, 0) is 18.7 Å². The standard InChI is InChI=1S/C16H19NO2/c1-17-11-14-8-9-15(18-2)10-16(14)19-12-13-6-4-3-5-7-13/h3-10,17H,11-12H2,1-2H3. The fourth-order valence-corrected chi connectivity index (χ4v) is 1.87. The number of rotatable bonds is 6. The third-order valence-electron chi connectivity index (χ3n) is 2.88. The molecule has 0 heterocycles. The molecule has 0 radical (unpaired) electrons. The van der Waals surface area contributed by atoms with E-state index in [4.69, 9.17) is 9.47 Å². The molecule has 0 aliphatic heterocycles. The zero-order valence-electron chi connectivity index (χ0n) is 11.3. The summed E-state index contributed by atoms with van der Waals surface area (Å²) in [6.07, 6.45) is 0. The monoisotopic (exact) mass is 257 g/mol. The molecule has 0 saturated carbocycles. The molecule has 2 aromatic carbocycles. The van der Waals surface area contributed by atoms with E-state index in [2.05, 4.69) is 17.4 Å². The lowest BCUT2D eigenvalue weighted by Gasteiger charge is -2.13. The van der Waals surface area contributed by atoms with Crippen LogP contribution >= 0.6 is 0 Å². The van der Waals surface area contributed by atoms with Gasteiger partial charge in [0.15, 0.2) is 0 Å². The summed E-state index contributed by atoms with van der Waals surface area (Å²) in [5, 5.41) is 3.14. The third kappa shape index (κ3) is 3.73. The normalized spacial score (nSPS) is 10.2. The number of nitrogens with one attached hydrogen (secondary N) is 1. The molecule has 100 valence electrons. The molecule has 1 N–H and O–H groups in total. The van der Waals surface area contributed by atoms with Gasteiger partial charge >= 0.3 is 0 Å². The summed E-state index contributed by atoms with van der Waals surface area (Å²) in [6, 6.07) is 16.0. The summed E-state index contributed by atoms with van der Waals surface area (Å²) in [5.41, 5.74) is 2.28. The van der Waals surface area contributed by atoms with Crippen molar-refractivity contribution in [3.8, 4) is 11.5 Å². The van der Waals surface area contributed by atoms with E-state index >= 15 is 0 Å². The second-order valence-corrected chi connectivity index (χ2v) is 4.28. The van der Waals surface area contributed by atoms with Crippen LogP contribution in [-0.2, 0) is 13.2 Å². The Morgan fingerprint density at radius 2 is 1.84 bits per heavy atom. The minimum absolute atomic E-state index is 0.560. The molecular formula is C16H19NO2. The molecular weight excluding hydrogens is 238 g/mol. The fourth-order valence-electron chi connectivity index (χ4n) is 1.87. The summed E-state index contributed by atoms with van der Waals surface area (Å²) in [4.78, 5) is 0. The molecule has 0 aliphatic rings. The van der Waals surface area contributed by atoms with E-state index in [1.165, 1.54) is 0 Å². The first-order valence-corrected chi connectivity index (χ1v) is 6.31. The minimum atomic E-state index is 0.560. The van der Waals surface area contributed by atoms with E-state index < -0.39 is 0 Å². The highest BCUT2D eigenvalue weighted by Crippen LogP contribution is 2.25. The Labute approximate surface area is 114 Å². The second-order valence-electron chi connectivity index (χ2n) is 4.28. The maximum atomic E-state index is 5.90. The SMILES string of the molecule is CNCc1ccc(OC)cc1OCc1ccccc1. The van der Waals surface area contributed by atoms with Gasteiger partial charge in [0, 0.05) is 18.2 Å². The van der Waals surface area contributed by atoms with E-state index in [1.54, 1.807) is 7.11 Å². The van der Waals surface area contributed by atoms with Crippen molar-refractivity contribution in [1.82, 2.24) is 5.32 Å². The highest BCUT2D eigenvalue weighted by Gasteiger charge is 2.05. The largest absolute Gasteiger partial charge is 0.497 e. The van der Waals surface area contributed by atoms with Gasteiger partial charge in [-0.2, -0.15) is 0 Å². The molecule has 0 fully saturated rings. The van der Waals surface area contributed by atoms with Gasteiger partial charge < -0.3 is 14.8 Å². The summed E-state index contributed by atoms with van der Waals surface area (Å²) in [7, 11) is 3.58. The molecule has 0 aromatic heterocycles. The molecule has 0 spiro atoms. The predicted octanol–water partition coefficient (Wildman–Crippen LogP) is 2.99. The highest BCUT2D eigenvalue weighted by molar-refractivity contribution is 5.40. The zero-order valence-corrected chi connectivity index (χ0v) is 11.3. The molecule has 19 heavy (non-hydrogen) atoms. The van der Waals surface area contributed by atoms with Gasteiger partial charge in [-0.25, -0.2) is 0 Å². The van der Waals surface area contributed by atoms with E-state index in [0.29, 0.717) is 6.61 Å². The lowest BCUT2D eigenvalue weighted by Crippen LogP contribution is -2.07. The maximum absolute atomic E-state index is 5.90. The second kappa shape index (κ2) is 6.81. The first kappa shape index (κ1) is 13.4. The van der Waals surface area contributed by atoms with Crippen molar-refractivity contribution in [1.29, 1.82) is 0 Å². The predicted molar refractivity (Wildman–Crippen MR) is 76.5 cm³/mol. The van der Waals surface area contributed by atoms with Crippen LogP contribution in [0.5, 0.6) is 11.5 Å². The van der Waals surface area contributed by atoms with Crippen molar-refractivity contribution in [3.63, 3.8) is 0 Å². The molecule has 0 saturated heterocycles. The Balaban J connectivity index is 2.12. The average Bonchev–Trinajstić information content (AvgIpc) is 2.47. The molecule has 0 amide bonds. The smallest absolute Gasteiger partial charge is 0.127 e. The van der Waals surface area contributed by atoms with Crippen LogP contribution in [0.4, 0.5) is 0 Å². The van der Waals surface area contributed by atoms with Gasteiger partial charge in [0.2, 0.25) is 0 Å². The van der Waals surface area contributed by atoms with Crippen LogP contribution in [0.3, 0.4) is 0 Å². The quantitative estimate of drug-likeness (QED) is 0.863. The first-order chi connectivity index (χ1) is 9.33. The summed E-state index contributed by atoms with van der Waals surface area (Å²) < 4.78 is 11.1. The Hall–Kier alpha value is -2.00. The highest BCUT2D eigenvalue weighted by atomic mass is 16.5. The van der Waals surface area contributed by atoms with Crippen molar-refractivity contribution < 1.29 is 9.47 Å². The van der Waals surface area contributed by atoms with Crippen molar-refractivity contribution in [3.05, 3.63) is 59.7 Å². The molecule has 0 aliphatic carbocycles. The molecule has 3 heteroatoms. The van der Waals surface area contributed by atoms with Gasteiger partial charge in [-0.15, -0.1) is 0 Å². The Morgan fingerprint density at radius 1 is 1.05 bits per heavy atom. The molecule has 2 rings (SSSR count). The Morgan fingerprint density at radius 3 is 2.53 bits per heavy atom. The van der Waals surface area contributed by atoms with Gasteiger partial charge in [-0.3, -0.25) is 0 Å². The summed E-state index contributed by atoms with van der Waals surface area (Å²) in [6.45, 7) is 1.33. The average molecular weight is 257 g/mol. The number of ether oxygens (including phenoxy) is 2. The van der Waals surface area contributed by atoms with Crippen LogP contribution in [0, 0.1) is 0 Å². The van der Waals surface area contributed by atoms with E-state index in [0.717, 1.165) is 29.2 Å². The van der Waals surface area contributed by atoms with Crippen molar-refractivity contribution >= 4 is 0 Å². The van der Waals surface area contributed by atoms with Crippen LogP contribution < -0.4 is 14.8 Å². The fraction of sp³-hybridized carbons (Fsp3) is 0.250. The van der Waals surface area contributed by atoms with Gasteiger partial charge in [-0.1, -0.05) is 36.4 Å². The van der Waals surface area contributed by atoms with Gasteiger partial charge in [0.25, 0.3) is 0 Å². The van der Waals surface area contributed by atoms with Crippen LogP contribution in [0.25, 0.3) is 0 Å². The van der Waals surface area contributed by atoms with Crippen LogP contribution in [-0.4, -0.2) is 14.2 Å². The Bertz CT molecular complexity index is 511. The summed E-state index contributed by atoms with van der Waals surface area (Å²) in [5.74, 6) is 1.67. The molecule has 0 bridgehead atoms. The van der Waals surface area contributed by atoms with Crippen molar-refractivity contribution in [2.24, 2.45) is 0 Å². The number of methoxy groups -OCH3 is 1. The van der Waals surface area contributed by atoms with Crippen LogP contribution in [0.1, 0.15) is 11.1 Å². The van der Waals surface area contributed by atoms with Crippen LogP contribution in [0.2, 0.25) is 0 Å². The molecule has 0 unspecified atom stereocenters. The number of hydrogen-bond acceptors (Lipinski definition) is 3. The molecule has 2 aromatic rings. The summed E-state index contributed by atoms with van der Waals surface area (Å²) >= 11 is 0. The van der Waals surface area contributed by atoms with E-state index in [-0.39, 0.29) is 0 Å². The van der Waals surface area contributed by atoms with Gasteiger partial charge in [0.05, 0.1) is 7.11 Å². The van der Waals surface area contributed by atoms with E-state index in [9.17, 15) is 0 Å². The van der Waals surface area contributed by atoms with Crippen LogP contribution in [0.15, 0.2) is 48.5 Å². The first-order valence-electron chi connectivity index (χ1n) is 6.31. The molecule has 3 nitrogen and oxygen atoms in total. The zero-order chi connectivity index (χ0) is 13.5. The van der Waals surface area contributed by atoms with E-state index in [1.807, 2.05) is 43.4 Å². The maximum Gasteiger partial charge on any atom is 0.127 e. The Kier molecular flexibility index (Phi) is 4.81. The topological polar surface area (TPSA) is 30.5 Å². The lowest BCUT2D eigenvalue weighted by molar-refractivity contribution is 0.300.